The van der Waals surface area contributed by atoms with Crippen molar-refractivity contribution in [1.29, 1.82) is 0 Å². The van der Waals surface area contributed by atoms with E-state index in [0.29, 0.717) is 23.2 Å². The zero-order valence-electron chi connectivity index (χ0n) is 12.2. The van der Waals surface area contributed by atoms with Gasteiger partial charge >= 0.3 is 0 Å². The third-order valence-electron chi connectivity index (χ3n) is 3.12. The third kappa shape index (κ3) is 4.46. The summed E-state index contributed by atoms with van der Waals surface area (Å²) in [5, 5.41) is 6.91. The summed E-state index contributed by atoms with van der Waals surface area (Å²) in [5.41, 5.74) is 7.38. The Labute approximate surface area is 128 Å². The van der Waals surface area contributed by atoms with Crippen LogP contribution in [0.5, 0.6) is 0 Å². The van der Waals surface area contributed by atoms with Crippen LogP contribution < -0.4 is 16.4 Å². The van der Waals surface area contributed by atoms with E-state index in [9.17, 15) is 4.79 Å². The molecule has 4 N–H and O–H groups in total. The van der Waals surface area contributed by atoms with E-state index in [1.807, 2.05) is 24.3 Å². The van der Waals surface area contributed by atoms with Crippen LogP contribution in [0.4, 0.5) is 10.8 Å². The summed E-state index contributed by atoms with van der Waals surface area (Å²) in [6.45, 7) is 4.64. The van der Waals surface area contributed by atoms with Crippen molar-refractivity contribution in [2.75, 3.05) is 11.1 Å². The smallest absolute Gasteiger partial charge is 0.263 e. The van der Waals surface area contributed by atoms with Crippen molar-refractivity contribution in [2.45, 2.75) is 32.9 Å². The Hall–Kier alpha value is -2.08. The quantitative estimate of drug-likeness (QED) is 0.717. The number of hydrogen-bond acceptors (Lipinski definition) is 5. The molecule has 2 rings (SSSR count). The first-order chi connectivity index (χ1) is 10.1. The highest BCUT2D eigenvalue weighted by Crippen LogP contribution is 2.19. The number of nitrogens with zero attached hydrogens (tertiary/aromatic N) is 1. The van der Waals surface area contributed by atoms with Crippen molar-refractivity contribution < 1.29 is 4.79 Å². The van der Waals surface area contributed by atoms with E-state index < -0.39 is 0 Å². The lowest BCUT2D eigenvalue weighted by Crippen LogP contribution is -2.21. The maximum atomic E-state index is 12.1. The van der Waals surface area contributed by atoms with Crippen LogP contribution in [0.3, 0.4) is 0 Å². The molecule has 2 aromatic rings. The average Bonchev–Trinajstić information content (AvgIpc) is 2.93. The molecular weight excluding hydrogens is 284 g/mol. The number of benzene rings is 1. The first-order valence-corrected chi connectivity index (χ1v) is 7.75. The zero-order chi connectivity index (χ0) is 15.2. The van der Waals surface area contributed by atoms with Gasteiger partial charge < -0.3 is 16.4 Å². The zero-order valence-corrected chi connectivity index (χ0v) is 13.0. The highest BCUT2D eigenvalue weighted by molar-refractivity contribution is 7.17. The van der Waals surface area contributed by atoms with Gasteiger partial charge in [-0.2, -0.15) is 0 Å². The number of rotatable bonds is 6. The maximum absolute atomic E-state index is 12.1. The van der Waals surface area contributed by atoms with Crippen molar-refractivity contribution in [3.8, 4) is 0 Å². The Bertz CT molecular complexity index is 611. The number of carbonyl (C=O) groups is 1. The minimum Gasteiger partial charge on any atom is -0.399 e. The average molecular weight is 304 g/mol. The molecule has 0 saturated heterocycles. The molecule has 1 aromatic carbocycles. The van der Waals surface area contributed by atoms with Gasteiger partial charge in [0.1, 0.15) is 4.88 Å². The summed E-state index contributed by atoms with van der Waals surface area (Å²) < 4.78 is 0. The molecule has 0 saturated carbocycles. The molecule has 0 unspecified atom stereocenters. The molecule has 1 heterocycles. The van der Waals surface area contributed by atoms with Gasteiger partial charge in [0.15, 0.2) is 5.13 Å². The van der Waals surface area contributed by atoms with Crippen LogP contribution in [0.15, 0.2) is 30.5 Å². The fraction of sp³-hybridized carbons (Fsp3) is 0.333. The molecule has 0 fully saturated rings. The van der Waals surface area contributed by atoms with Gasteiger partial charge in [0.2, 0.25) is 0 Å². The molecule has 112 valence electrons. The van der Waals surface area contributed by atoms with Gasteiger partial charge in [0.05, 0.1) is 6.20 Å². The van der Waals surface area contributed by atoms with Gasteiger partial charge in [-0.3, -0.25) is 4.79 Å². The molecule has 0 aliphatic heterocycles. The van der Waals surface area contributed by atoms with Crippen LogP contribution in [-0.4, -0.2) is 16.9 Å². The third-order valence-corrected chi connectivity index (χ3v) is 4.04. The molecular formula is C15H20N4OS. The van der Waals surface area contributed by atoms with Gasteiger partial charge in [-0.1, -0.05) is 30.4 Å². The molecule has 1 amide bonds. The molecule has 1 atom stereocenters. The number of thiazole rings is 1. The van der Waals surface area contributed by atoms with Gasteiger partial charge in [-0.05, 0) is 31.0 Å². The SMILES string of the molecule is CC[C@@H](C)Nc1ncc(C(=O)NCc2cccc(N)c2)s1. The van der Waals surface area contributed by atoms with Crippen LogP contribution in [0, 0.1) is 0 Å². The Morgan fingerprint density at radius 1 is 1.48 bits per heavy atom. The first kappa shape index (κ1) is 15.3. The lowest BCUT2D eigenvalue weighted by atomic mass is 10.2. The topological polar surface area (TPSA) is 80.0 Å². The van der Waals surface area contributed by atoms with Crippen LogP contribution >= 0.6 is 11.3 Å². The molecule has 0 bridgehead atoms. The second-order valence-electron chi connectivity index (χ2n) is 4.91. The molecule has 0 aliphatic rings. The number of aromatic nitrogens is 1. The first-order valence-electron chi connectivity index (χ1n) is 6.93. The van der Waals surface area contributed by atoms with Crippen molar-refractivity contribution in [3.05, 3.63) is 40.9 Å². The van der Waals surface area contributed by atoms with Crippen LogP contribution in [-0.2, 0) is 6.54 Å². The molecule has 0 spiro atoms. The Balaban J connectivity index is 1.91. The van der Waals surface area contributed by atoms with Gasteiger partial charge in [0, 0.05) is 18.3 Å². The summed E-state index contributed by atoms with van der Waals surface area (Å²) >= 11 is 1.36. The molecule has 5 nitrogen and oxygen atoms in total. The summed E-state index contributed by atoms with van der Waals surface area (Å²) in [4.78, 5) is 16.9. The van der Waals surface area contributed by atoms with E-state index in [4.69, 9.17) is 5.73 Å². The minimum absolute atomic E-state index is 0.118. The summed E-state index contributed by atoms with van der Waals surface area (Å²) in [7, 11) is 0. The van der Waals surface area contributed by atoms with Crippen LogP contribution in [0.2, 0.25) is 0 Å². The van der Waals surface area contributed by atoms with Crippen molar-refractivity contribution in [1.82, 2.24) is 10.3 Å². The van der Waals surface area contributed by atoms with Crippen molar-refractivity contribution in [2.24, 2.45) is 0 Å². The highest BCUT2D eigenvalue weighted by atomic mass is 32.1. The van der Waals surface area contributed by atoms with E-state index in [1.165, 1.54) is 11.3 Å². The molecule has 1 aromatic heterocycles. The molecule has 21 heavy (non-hydrogen) atoms. The summed E-state index contributed by atoms with van der Waals surface area (Å²) in [5.74, 6) is -0.118. The van der Waals surface area contributed by atoms with E-state index in [0.717, 1.165) is 17.1 Å². The highest BCUT2D eigenvalue weighted by Gasteiger charge is 2.11. The molecule has 6 heteroatoms. The van der Waals surface area contributed by atoms with Crippen LogP contribution in [0.25, 0.3) is 0 Å². The monoisotopic (exact) mass is 304 g/mol. The lowest BCUT2D eigenvalue weighted by Gasteiger charge is -2.08. The summed E-state index contributed by atoms with van der Waals surface area (Å²) in [6.07, 6.45) is 2.61. The predicted molar refractivity (Wildman–Crippen MR) is 87.5 cm³/mol. The number of carbonyl (C=O) groups excluding carboxylic acids is 1. The van der Waals surface area contributed by atoms with E-state index in [-0.39, 0.29) is 5.91 Å². The van der Waals surface area contributed by atoms with Gasteiger partial charge in [-0.25, -0.2) is 4.98 Å². The van der Waals surface area contributed by atoms with Crippen LogP contribution in [0.1, 0.15) is 35.5 Å². The maximum Gasteiger partial charge on any atom is 0.263 e. The number of anilines is 2. The standard InChI is InChI=1S/C15H20N4OS/c1-3-10(2)19-15-18-9-13(21-15)14(20)17-8-11-5-4-6-12(16)7-11/h4-7,9-10H,3,8,16H2,1-2H3,(H,17,20)(H,18,19)/t10-/m1/s1. The second-order valence-corrected chi connectivity index (χ2v) is 5.94. The van der Waals surface area contributed by atoms with Gasteiger partial charge in [-0.15, -0.1) is 0 Å². The fourth-order valence-electron chi connectivity index (χ4n) is 1.73. The number of nitrogen functional groups attached to an aromatic ring is 1. The Kier molecular flexibility index (Phi) is 5.16. The Morgan fingerprint density at radius 2 is 2.29 bits per heavy atom. The minimum atomic E-state index is -0.118. The summed E-state index contributed by atoms with van der Waals surface area (Å²) in [6, 6.07) is 7.82. The number of amides is 1. The number of nitrogens with one attached hydrogen (secondary N) is 2. The Morgan fingerprint density at radius 3 is 3.00 bits per heavy atom. The van der Waals surface area contributed by atoms with E-state index >= 15 is 0 Å². The molecule has 0 aliphatic carbocycles. The normalized spacial score (nSPS) is 11.9. The predicted octanol–water partition coefficient (Wildman–Crippen LogP) is 2.87. The lowest BCUT2D eigenvalue weighted by molar-refractivity contribution is 0.0955. The van der Waals surface area contributed by atoms with Crippen molar-refractivity contribution >= 4 is 28.1 Å². The largest absolute Gasteiger partial charge is 0.399 e. The fourth-order valence-corrected chi connectivity index (χ4v) is 2.58. The second kappa shape index (κ2) is 7.08. The van der Waals surface area contributed by atoms with E-state index in [2.05, 4.69) is 29.5 Å². The van der Waals surface area contributed by atoms with E-state index in [1.54, 1.807) is 6.20 Å². The number of nitrogens with two attached hydrogens (primary N) is 1. The number of hydrogen-bond donors (Lipinski definition) is 3. The molecule has 0 radical (unpaired) electrons. The van der Waals surface area contributed by atoms with Crippen molar-refractivity contribution in [3.63, 3.8) is 0 Å². The van der Waals surface area contributed by atoms with Gasteiger partial charge in [0.25, 0.3) is 5.91 Å².